The first-order valence-corrected chi connectivity index (χ1v) is 8.38. The van der Waals surface area contributed by atoms with Crippen molar-refractivity contribution in [2.45, 2.75) is 52.7 Å². The Kier molecular flexibility index (Phi) is 6.86. The monoisotopic (exact) mass is 311 g/mol. The molecule has 0 rings (SSSR count). The molecule has 1 N–H and O–H groups in total. The standard InChI is InChI=1S/C12H22ClNO4S/c1-9(2)8-10(6-7-19(13,16)17)14-11(15)18-12(3,4)5/h6-7,9-10H,8H2,1-5H3,(H,14,15)/b7-6+/t10-/m1/s1. The first-order chi connectivity index (χ1) is 8.39. The maximum absolute atomic E-state index is 11.6. The number of amides is 1. The van der Waals surface area contributed by atoms with E-state index in [9.17, 15) is 13.2 Å². The summed E-state index contributed by atoms with van der Waals surface area (Å²) in [5, 5.41) is 3.48. The average molecular weight is 312 g/mol. The van der Waals surface area contributed by atoms with Gasteiger partial charge in [0, 0.05) is 16.1 Å². The fraction of sp³-hybridized carbons (Fsp3) is 0.750. The molecule has 0 heterocycles. The fourth-order valence-electron chi connectivity index (χ4n) is 1.34. The lowest BCUT2D eigenvalue weighted by Crippen LogP contribution is -2.38. The molecule has 0 radical (unpaired) electrons. The van der Waals surface area contributed by atoms with E-state index in [4.69, 9.17) is 15.4 Å². The molecule has 0 bridgehead atoms. The molecule has 0 aliphatic rings. The summed E-state index contributed by atoms with van der Waals surface area (Å²) in [5.41, 5.74) is -0.602. The summed E-state index contributed by atoms with van der Waals surface area (Å²) >= 11 is 0. The van der Waals surface area contributed by atoms with Crippen LogP contribution in [0.5, 0.6) is 0 Å². The van der Waals surface area contributed by atoms with Gasteiger partial charge in [0.05, 0.1) is 6.04 Å². The van der Waals surface area contributed by atoms with E-state index in [-0.39, 0.29) is 5.92 Å². The molecule has 0 unspecified atom stereocenters. The predicted molar refractivity (Wildman–Crippen MR) is 76.5 cm³/mol. The Morgan fingerprint density at radius 1 is 1.37 bits per heavy atom. The van der Waals surface area contributed by atoms with Gasteiger partial charge in [-0.2, -0.15) is 0 Å². The van der Waals surface area contributed by atoms with E-state index >= 15 is 0 Å². The van der Waals surface area contributed by atoms with Crippen LogP contribution in [0.1, 0.15) is 41.0 Å². The second-order valence-corrected chi connectivity index (χ2v) is 8.20. The molecule has 19 heavy (non-hydrogen) atoms. The van der Waals surface area contributed by atoms with Gasteiger partial charge < -0.3 is 10.1 Å². The molecule has 0 spiro atoms. The highest BCUT2D eigenvalue weighted by Gasteiger charge is 2.19. The Morgan fingerprint density at radius 2 is 1.89 bits per heavy atom. The van der Waals surface area contributed by atoms with Crippen LogP contribution in [0, 0.1) is 5.92 Å². The molecule has 5 nitrogen and oxygen atoms in total. The van der Waals surface area contributed by atoms with Gasteiger partial charge in [-0.1, -0.05) is 13.8 Å². The van der Waals surface area contributed by atoms with Crippen LogP contribution in [-0.2, 0) is 13.8 Å². The minimum absolute atomic E-state index is 0.280. The third kappa shape index (κ3) is 12.0. The molecule has 7 heteroatoms. The first kappa shape index (κ1) is 18.2. The Labute approximate surface area is 119 Å². The number of nitrogens with one attached hydrogen (secondary N) is 1. The molecular weight excluding hydrogens is 290 g/mol. The lowest BCUT2D eigenvalue weighted by molar-refractivity contribution is 0.0510. The van der Waals surface area contributed by atoms with Crippen molar-refractivity contribution >= 4 is 25.8 Å². The van der Waals surface area contributed by atoms with Gasteiger partial charge in [-0.05, 0) is 39.2 Å². The molecule has 0 fully saturated rings. The maximum Gasteiger partial charge on any atom is 0.408 e. The zero-order valence-electron chi connectivity index (χ0n) is 11.9. The lowest BCUT2D eigenvalue weighted by Gasteiger charge is -2.23. The van der Waals surface area contributed by atoms with E-state index in [2.05, 4.69) is 5.32 Å². The molecule has 0 aliphatic carbocycles. The van der Waals surface area contributed by atoms with Crippen molar-refractivity contribution in [3.05, 3.63) is 11.5 Å². The summed E-state index contributed by atoms with van der Waals surface area (Å²) in [6.07, 6.45) is 1.35. The summed E-state index contributed by atoms with van der Waals surface area (Å²) in [7, 11) is 1.37. The van der Waals surface area contributed by atoms with Gasteiger partial charge >= 0.3 is 6.09 Å². The van der Waals surface area contributed by atoms with E-state index in [0.717, 1.165) is 5.41 Å². The number of hydrogen-bond donors (Lipinski definition) is 1. The second kappa shape index (κ2) is 7.14. The third-order valence-electron chi connectivity index (χ3n) is 1.90. The number of alkyl carbamates (subject to hydrolysis) is 1. The maximum atomic E-state index is 11.6. The van der Waals surface area contributed by atoms with Crippen LogP contribution in [0.4, 0.5) is 4.79 Å². The van der Waals surface area contributed by atoms with Crippen LogP contribution in [0.25, 0.3) is 0 Å². The molecule has 0 saturated heterocycles. The molecule has 1 atom stereocenters. The molecule has 1 amide bonds. The van der Waals surface area contributed by atoms with Crippen LogP contribution < -0.4 is 5.32 Å². The van der Waals surface area contributed by atoms with Crippen LogP contribution in [0.15, 0.2) is 11.5 Å². The van der Waals surface area contributed by atoms with Crippen LogP contribution in [-0.4, -0.2) is 26.2 Å². The average Bonchev–Trinajstić information content (AvgIpc) is 2.08. The van der Waals surface area contributed by atoms with Crippen molar-refractivity contribution in [2.75, 3.05) is 0 Å². The molecule has 0 aliphatic heterocycles. The van der Waals surface area contributed by atoms with Crippen molar-refractivity contribution in [3.8, 4) is 0 Å². The smallest absolute Gasteiger partial charge is 0.408 e. The van der Waals surface area contributed by atoms with Crippen molar-refractivity contribution < 1.29 is 17.9 Å². The minimum atomic E-state index is -3.73. The highest BCUT2D eigenvalue weighted by Crippen LogP contribution is 2.11. The van der Waals surface area contributed by atoms with E-state index < -0.39 is 26.8 Å². The quantitative estimate of drug-likeness (QED) is 0.792. The SMILES string of the molecule is CC(C)C[C@@H](/C=C/S(=O)(=O)Cl)NC(=O)OC(C)(C)C. The highest BCUT2D eigenvalue weighted by molar-refractivity contribution is 8.16. The van der Waals surface area contributed by atoms with Gasteiger partial charge in [-0.3, -0.25) is 0 Å². The molecule has 112 valence electrons. The summed E-state index contributed by atoms with van der Waals surface area (Å²) < 4.78 is 26.9. The normalized spacial score (nSPS) is 14.7. The highest BCUT2D eigenvalue weighted by atomic mass is 35.7. The summed E-state index contributed by atoms with van der Waals surface area (Å²) in [6, 6.07) is -0.441. The Hall–Kier alpha value is -0.750. The van der Waals surface area contributed by atoms with Crippen molar-refractivity contribution in [3.63, 3.8) is 0 Å². The summed E-state index contributed by atoms with van der Waals surface area (Å²) in [6.45, 7) is 9.19. The van der Waals surface area contributed by atoms with Crippen molar-refractivity contribution in [1.29, 1.82) is 0 Å². The molecule has 0 aromatic heterocycles. The van der Waals surface area contributed by atoms with E-state index in [1.807, 2.05) is 13.8 Å². The number of ether oxygens (including phenoxy) is 1. The van der Waals surface area contributed by atoms with Crippen LogP contribution in [0.2, 0.25) is 0 Å². The van der Waals surface area contributed by atoms with Gasteiger partial charge in [0.15, 0.2) is 0 Å². The lowest BCUT2D eigenvalue weighted by atomic mass is 10.0. The van der Waals surface area contributed by atoms with Crippen LogP contribution in [0.3, 0.4) is 0 Å². The molecule has 0 aromatic rings. The summed E-state index contributed by atoms with van der Waals surface area (Å²) in [4.78, 5) is 11.6. The number of carbonyl (C=O) groups excluding carboxylic acids is 1. The summed E-state index contributed by atoms with van der Waals surface area (Å²) in [5.74, 6) is 0.280. The Morgan fingerprint density at radius 3 is 2.26 bits per heavy atom. The van der Waals surface area contributed by atoms with Gasteiger partial charge in [0.25, 0.3) is 9.05 Å². The molecular formula is C12H22ClNO4S. The number of halogens is 1. The Bertz CT molecular complexity index is 424. The topological polar surface area (TPSA) is 72.5 Å². The molecule has 0 aromatic carbocycles. The first-order valence-electron chi connectivity index (χ1n) is 6.01. The van der Waals surface area contributed by atoms with Gasteiger partial charge in [-0.15, -0.1) is 0 Å². The largest absolute Gasteiger partial charge is 0.444 e. The number of hydrogen-bond acceptors (Lipinski definition) is 4. The second-order valence-electron chi connectivity index (χ2n) is 5.69. The van der Waals surface area contributed by atoms with E-state index in [1.54, 1.807) is 20.8 Å². The molecule has 0 saturated carbocycles. The van der Waals surface area contributed by atoms with Gasteiger partial charge in [0.2, 0.25) is 0 Å². The van der Waals surface area contributed by atoms with E-state index in [0.29, 0.717) is 6.42 Å². The van der Waals surface area contributed by atoms with Crippen LogP contribution >= 0.6 is 10.7 Å². The van der Waals surface area contributed by atoms with Crippen molar-refractivity contribution in [1.82, 2.24) is 5.32 Å². The van der Waals surface area contributed by atoms with Gasteiger partial charge in [-0.25, -0.2) is 13.2 Å². The number of carbonyl (C=O) groups is 1. The van der Waals surface area contributed by atoms with Gasteiger partial charge in [0.1, 0.15) is 5.60 Å². The fourth-order valence-corrected chi connectivity index (χ4v) is 1.90. The predicted octanol–water partition coefficient (Wildman–Crippen LogP) is 3.01. The zero-order valence-corrected chi connectivity index (χ0v) is 13.5. The minimum Gasteiger partial charge on any atom is -0.444 e. The zero-order chi connectivity index (χ0) is 15.3. The van der Waals surface area contributed by atoms with E-state index in [1.165, 1.54) is 6.08 Å². The van der Waals surface area contributed by atoms with Crippen molar-refractivity contribution in [2.24, 2.45) is 5.92 Å². The number of rotatable bonds is 5. The third-order valence-corrected chi connectivity index (χ3v) is 2.69. The Balaban J connectivity index is 4.69.